The van der Waals surface area contributed by atoms with Crippen molar-refractivity contribution in [1.82, 2.24) is 15.1 Å². The van der Waals surface area contributed by atoms with E-state index >= 15 is 0 Å². The zero-order valence-electron chi connectivity index (χ0n) is 14.7. The van der Waals surface area contributed by atoms with E-state index in [1.54, 1.807) is 0 Å². The maximum Gasteiger partial charge on any atom is 0.106 e. The molecule has 2 atom stereocenters. The van der Waals surface area contributed by atoms with Crippen molar-refractivity contribution in [3.05, 3.63) is 0 Å². The number of nitrogens with one attached hydrogen (secondary N) is 1. The van der Waals surface area contributed by atoms with Crippen LogP contribution in [0, 0.1) is 11.3 Å². The third-order valence-corrected chi connectivity index (χ3v) is 4.62. The third kappa shape index (κ3) is 5.94. The molecule has 1 heterocycles. The molecule has 4 nitrogen and oxygen atoms in total. The minimum absolute atomic E-state index is 0.347. The van der Waals surface area contributed by atoms with Crippen LogP contribution in [0.5, 0.6) is 0 Å². The molecule has 0 bridgehead atoms. The second kappa shape index (κ2) is 8.73. The van der Waals surface area contributed by atoms with Gasteiger partial charge < -0.3 is 4.90 Å². The lowest BCUT2D eigenvalue weighted by Gasteiger charge is -2.32. The molecule has 0 amide bonds. The van der Waals surface area contributed by atoms with Crippen molar-refractivity contribution in [2.75, 3.05) is 33.2 Å². The van der Waals surface area contributed by atoms with Gasteiger partial charge in [0, 0.05) is 18.6 Å². The molecule has 2 unspecified atom stereocenters. The lowest BCUT2D eigenvalue weighted by Crippen LogP contribution is -2.47. The van der Waals surface area contributed by atoms with Crippen LogP contribution in [0.3, 0.4) is 0 Å². The Bertz CT molecular complexity index is 336. The molecule has 0 aromatic rings. The highest BCUT2D eigenvalue weighted by Crippen LogP contribution is 2.19. The fourth-order valence-electron chi connectivity index (χ4n) is 3.41. The summed E-state index contributed by atoms with van der Waals surface area (Å²) in [6, 6.07) is 3.50. The lowest BCUT2D eigenvalue weighted by molar-refractivity contribution is 0.191. The molecule has 0 radical (unpaired) electrons. The molecule has 1 aliphatic heterocycles. The van der Waals surface area contributed by atoms with Gasteiger partial charge in [0.15, 0.2) is 0 Å². The third-order valence-electron chi connectivity index (χ3n) is 4.62. The van der Waals surface area contributed by atoms with Crippen LogP contribution < -0.4 is 5.32 Å². The predicted molar refractivity (Wildman–Crippen MR) is 89.3 cm³/mol. The molecule has 1 N–H and O–H groups in total. The van der Waals surface area contributed by atoms with Crippen LogP contribution in [-0.2, 0) is 0 Å². The van der Waals surface area contributed by atoms with E-state index < -0.39 is 0 Å². The summed E-state index contributed by atoms with van der Waals surface area (Å²) < 4.78 is 0. The zero-order chi connectivity index (χ0) is 15.9. The van der Waals surface area contributed by atoms with Gasteiger partial charge in [-0.2, -0.15) is 5.26 Å². The molecule has 0 aromatic carbocycles. The van der Waals surface area contributed by atoms with Crippen LogP contribution in [0.2, 0.25) is 0 Å². The summed E-state index contributed by atoms with van der Waals surface area (Å²) in [5.74, 6) is 0. The first-order valence-corrected chi connectivity index (χ1v) is 8.54. The van der Waals surface area contributed by atoms with Gasteiger partial charge in [0.1, 0.15) is 5.54 Å². The molecule has 21 heavy (non-hydrogen) atoms. The molecule has 0 aromatic heterocycles. The van der Waals surface area contributed by atoms with Crippen molar-refractivity contribution in [3.63, 3.8) is 0 Å². The van der Waals surface area contributed by atoms with Crippen molar-refractivity contribution in [2.24, 2.45) is 0 Å². The van der Waals surface area contributed by atoms with Crippen LogP contribution in [0.4, 0.5) is 0 Å². The van der Waals surface area contributed by atoms with E-state index in [0.717, 1.165) is 32.4 Å². The number of nitrogens with zero attached hydrogens (tertiary/aromatic N) is 3. The van der Waals surface area contributed by atoms with E-state index in [9.17, 15) is 5.26 Å². The zero-order valence-corrected chi connectivity index (χ0v) is 14.7. The van der Waals surface area contributed by atoms with Crippen LogP contribution >= 0.6 is 0 Å². The highest BCUT2D eigenvalue weighted by atomic mass is 15.2. The Hall–Kier alpha value is -0.630. The molecule has 122 valence electrons. The Kier molecular flexibility index (Phi) is 7.65. The Morgan fingerprint density at radius 3 is 2.67 bits per heavy atom. The molecule has 1 fully saturated rings. The summed E-state index contributed by atoms with van der Waals surface area (Å²) in [6.07, 6.45) is 4.16. The number of likely N-dealkylation sites (N-methyl/N-ethyl adjacent to an activating group) is 1. The van der Waals surface area contributed by atoms with E-state index in [2.05, 4.69) is 55.9 Å². The van der Waals surface area contributed by atoms with Gasteiger partial charge in [-0.3, -0.25) is 10.2 Å². The van der Waals surface area contributed by atoms with E-state index in [0.29, 0.717) is 12.1 Å². The van der Waals surface area contributed by atoms with Crippen molar-refractivity contribution >= 4 is 0 Å². The van der Waals surface area contributed by atoms with Gasteiger partial charge in [-0.15, -0.1) is 0 Å². The Morgan fingerprint density at radius 2 is 2.10 bits per heavy atom. The number of nitriles is 1. The smallest absolute Gasteiger partial charge is 0.106 e. The molecule has 1 aliphatic rings. The maximum absolute atomic E-state index is 9.56. The molecular formula is C17H34N4. The monoisotopic (exact) mass is 294 g/mol. The van der Waals surface area contributed by atoms with Gasteiger partial charge in [0.2, 0.25) is 0 Å². The lowest BCUT2D eigenvalue weighted by atomic mass is 9.91. The van der Waals surface area contributed by atoms with Crippen molar-refractivity contribution in [3.8, 4) is 6.07 Å². The van der Waals surface area contributed by atoms with Crippen LogP contribution in [0.25, 0.3) is 0 Å². The summed E-state index contributed by atoms with van der Waals surface area (Å²) in [5, 5.41) is 13.0. The molecule has 1 rings (SSSR count). The second-order valence-electron chi connectivity index (χ2n) is 6.95. The van der Waals surface area contributed by atoms with Crippen molar-refractivity contribution in [2.45, 2.75) is 71.0 Å². The molecule has 1 saturated heterocycles. The molecule has 0 spiro atoms. The SMILES string of the molecule is CCC(C#N)(CCCN1CCCN(C)CC1C)NC(C)C. The average Bonchev–Trinajstić information content (AvgIpc) is 2.58. The van der Waals surface area contributed by atoms with Crippen LogP contribution in [0.15, 0.2) is 0 Å². The van der Waals surface area contributed by atoms with Gasteiger partial charge in [0.25, 0.3) is 0 Å². The average molecular weight is 294 g/mol. The van der Waals surface area contributed by atoms with Crippen LogP contribution in [0.1, 0.15) is 53.4 Å². The molecule has 0 aliphatic carbocycles. The van der Waals surface area contributed by atoms with Gasteiger partial charge in [-0.05, 0) is 73.1 Å². The summed E-state index contributed by atoms with van der Waals surface area (Å²) in [4.78, 5) is 5.02. The number of hydrogen-bond acceptors (Lipinski definition) is 4. The van der Waals surface area contributed by atoms with Gasteiger partial charge in [0.05, 0.1) is 6.07 Å². The van der Waals surface area contributed by atoms with E-state index in [1.807, 2.05) is 0 Å². The Labute approximate surface area is 131 Å². The standard InChI is InChI=1S/C17H34N4/c1-6-17(14-18,19-15(2)3)9-7-11-21-12-8-10-20(5)13-16(21)4/h15-16,19H,6-13H2,1-5H3. The van der Waals surface area contributed by atoms with E-state index in [4.69, 9.17) is 0 Å². The van der Waals surface area contributed by atoms with Gasteiger partial charge >= 0.3 is 0 Å². The van der Waals surface area contributed by atoms with Gasteiger partial charge in [-0.1, -0.05) is 6.92 Å². The first kappa shape index (κ1) is 18.4. The molecule has 4 heteroatoms. The fraction of sp³-hybridized carbons (Fsp3) is 0.941. The molecular weight excluding hydrogens is 260 g/mol. The Morgan fingerprint density at radius 1 is 1.38 bits per heavy atom. The highest BCUT2D eigenvalue weighted by Gasteiger charge is 2.28. The summed E-state index contributed by atoms with van der Waals surface area (Å²) >= 11 is 0. The fourth-order valence-corrected chi connectivity index (χ4v) is 3.41. The first-order valence-electron chi connectivity index (χ1n) is 8.54. The summed E-state index contributed by atoms with van der Waals surface area (Å²) in [7, 11) is 2.21. The second-order valence-corrected chi connectivity index (χ2v) is 6.95. The highest BCUT2D eigenvalue weighted by molar-refractivity contribution is 5.06. The van der Waals surface area contributed by atoms with Gasteiger partial charge in [-0.25, -0.2) is 0 Å². The van der Waals surface area contributed by atoms with E-state index in [-0.39, 0.29) is 5.54 Å². The molecule has 0 saturated carbocycles. The topological polar surface area (TPSA) is 42.3 Å². The quantitative estimate of drug-likeness (QED) is 0.783. The van der Waals surface area contributed by atoms with E-state index in [1.165, 1.54) is 19.5 Å². The maximum atomic E-state index is 9.56. The van der Waals surface area contributed by atoms with Crippen molar-refractivity contribution < 1.29 is 0 Å². The summed E-state index contributed by atoms with van der Waals surface area (Å²) in [5.41, 5.74) is -0.347. The largest absolute Gasteiger partial charge is 0.305 e. The first-order chi connectivity index (χ1) is 9.92. The number of hydrogen-bond donors (Lipinski definition) is 1. The minimum atomic E-state index is -0.347. The predicted octanol–water partition coefficient (Wildman–Crippen LogP) is 2.46. The Balaban J connectivity index is 2.48. The number of rotatable bonds is 7. The van der Waals surface area contributed by atoms with Crippen LogP contribution in [-0.4, -0.2) is 60.6 Å². The normalized spacial score (nSPS) is 24.5. The van der Waals surface area contributed by atoms with Crippen molar-refractivity contribution in [1.29, 1.82) is 5.26 Å². The minimum Gasteiger partial charge on any atom is -0.305 e. The summed E-state index contributed by atoms with van der Waals surface area (Å²) in [6.45, 7) is 13.3.